The van der Waals surface area contributed by atoms with Crippen LogP contribution in [0.1, 0.15) is 6.42 Å². The highest BCUT2D eigenvalue weighted by atomic mass is 32.1. The molecule has 1 unspecified atom stereocenters. The van der Waals surface area contributed by atoms with Crippen molar-refractivity contribution in [1.29, 1.82) is 0 Å². The van der Waals surface area contributed by atoms with Crippen LogP contribution in [0.4, 0.5) is 5.69 Å². The molecule has 6 nitrogen and oxygen atoms in total. The molecule has 0 amide bonds. The zero-order valence-electron chi connectivity index (χ0n) is 13.5. The summed E-state index contributed by atoms with van der Waals surface area (Å²) >= 11 is 1.66. The van der Waals surface area contributed by atoms with Crippen LogP contribution in [0.25, 0.3) is 10.2 Å². The fourth-order valence-corrected chi connectivity index (χ4v) is 4.62. The zero-order chi connectivity index (χ0) is 16.7. The van der Waals surface area contributed by atoms with Crippen molar-refractivity contribution in [3.05, 3.63) is 23.7 Å². The second kappa shape index (κ2) is 6.57. The molecular formula is C17H23N3O3S. The fourth-order valence-electron chi connectivity index (χ4n) is 3.92. The number of likely N-dealkylation sites (tertiary alicyclic amines) is 1. The molecule has 3 heterocycles. The third-order valence-corrected chi connectivity index (χ3v) is 5.96. The Morgan fingerprint density at radius 1 is 1.12 bits per heavy atom. The summed E-state index contributed by atoms with van der Waals surface area (Å²) < 4.78 is 1.22. The predicted octanol–water partition coefficient (Wildman–Crippen LogP) is 0.521. The first-order chi connectivity index (χ1) is 11.6. The Labute approximate surface area is 145 Å². The maximum absolute atomic E-state index is 9.85. The zero-order valence-corrected chi connectivity index (χ0v) is 14.3. The molecule has 130 valence electrons. The summed E-state index contributed by atoms with van der Waals surface area (Å²) in [6, 6.07) is 6.32. The van der Waals surface area contributed by atoms with Gasteiger partial charge in [-0.15, -0.1) is 11.3 Å². The number of hydrogen-bond acceptors (Lipinski definition) is 7. The SMILES string of the molecule is OC1[C@H](O)CN(C[C@@H]2CCN(c3cccc4scnc34)C2)C[C@@H]1O. The molecule has 2 aliphatic heterocycles. The van der Waals surface area contributed by atoms with Gasteiger partial charge in [-0.1, -0.05) is 6.07 Å². The molecular weight excluding hydrogens is 326 g/mol. The molecule has 3 N–H and O–H groups in total. The first kappa shape index (κ1) is 16.2. The highest BCUT2D eigenvalue weighted by molar-refractivity contribution is 7.16. The average Bonchev–Trinajstić information content (AvgIpc) is 3.21. The van der Waals surface area contributed by atoms with E-state index in [1.54, 1.807) is 11.3 Å². The molecule has 4 atom stereocenters. The van der Waals surface area contributed by atoms with Crippen LogP contribution in [-0.2, 0) is 0 Å². The van der Waals surface area contributed by atoms with E-state index in [2.05, 4.69) is 33.0 Å². The Kier molecular flexibility index (Phi) is 4.44. The predicted molar refractivity (Wildman–Crippen MR) is 94.4 cm³/mol. The van der Waals surface area contributed by atoms with Crippen LogP contribution >= 0.6 is 11.3 Å². The quantitative estimate of drug-likeness (QED) is 0.750. The molecule has 4 rings (SSSR count). The van der Waals surface area contributed by atoms with Gasteiger partial charge >= 0.3 is 0 Å². The topological polar surface area (TPSA) is 80.1 Å². The number of benzene rings is 1. The number of piperidine rings is 1. The molecule has 2 fully saturated rings. The molecule has 7 heteroatoms. The first-order valence-corrected chi connectivity index (χ1v) is 9.33. The summed E-state index contributed by atoms with van der Waals surface area (Å²) in [6.45, 7) is 3.65. The summed E-state index contributed by atoms with van der Waals surface area (Å²) in [5.41, 5.74) is 4.17. The standard InChI is InChI=1S/C17H23N3O3S/c21-13-8-19(9-14(22)17(13)23)6-11-4-5-20(7-11)12-2-1-3-15-16(12)18-10-24-15/h1-3,10-11,13-14,17,21-23H,4-9H2/t11-,13-,14+,17?/m0/s1. The van der Waals surface area contributed by atoms with Crippen molar-refractivity contribution in [2.75, 3.05) is 37.6 Å². The number of hydrogen-bond donors (Lipinski definition) is 3. The monoisotopic (exact) mass is 349 g/mol. The van der Waals surface area contributed by atoms with Crippen LogP contribution in [0.3, 0.4) is 0 Å². The number of β-amino-alcohol motifs (C(OH)–C–C–N with tert-alkyl or cyclic N) is 2. The Hall–Kier alpha value is -1.25. The van der Waals surface area contributed by atoms with Gasteiger partial charge in [0, 0.05) is 32.7 Å². The smallest absolute Gasteiger partial charge is 0.108 e. The van der Waals surface area contributed by atoms with Gasteiger partial charge in [0.15, 0.2) is 0 Å². The number of aliphatic hydroxyl groups is 3. The second-order valence-corrected chi connectivity index (χ2v) is 7.81. The average molecular weight is 349 g/mol. The highest BCUT2D eigenvalue weighted by Crippen LogP contribution is 2.32. The van der Waals surface area contributed by atoms with E-state index >= 15 is 0 Å². The number of fused-ring (bicyclic) bond motifs is 1. The molecule has 24 heavy (non-hydrogen) atoms. The van der Waals surface area contributed by atoms with E-state index in [-0.39, 0.29) is 0 Å². The van der Waals surface area contributed by atoms with Crippen molar-refractivity contribution in [1.82, 2.24) is 9.88 Å². The van der Waals surface area contributed by atoms with Gasteiger partial charge in [0.1, 0.15) is 11.6 Å². The number of para-hydroxylation sites is 1. The van der Waals surface area contributed by atoms with Gasteiger partial charge in [0.25, 0.3) is 0 Å². The highest BCUT2D eigenvalue weighted by Gasteiger charge is 2.35. The summed E-state index contributed by atoms with van der Waals surface area (Å²) in [5, 5.41) is 29.4. The molecule has 0 radical (unpaired) electrons. The van der Waals surface area contributed by atoms with Crippen molar-refractivity contribution in [2.45, 2.75) is 24.7 Å². The summed E-state index contributed by atoms with van der Waals surface area (Å²) in [5.74, 6) is 0.494. The van der Waals surface area contributed by atoms with E-state index in [0.717, 1.165) is 31.6 Å². The van der Waals surface area contributed by atoms with Crippen LogP contribution in [0.2, 0.25) is 0 Å². The van der Waals surface area contributed by atoms with Crippen molar-refractivity contribution in [2.24, 2.45) is 5.92 Å². The lowest BCUT2D eigenvalue weighted by molar-refractivity contribution is -0.111. The van der Waals surface area contributed by atoms with Crippen LogP contribution in [-0.4, -0.2) is 76.2 Å². The molecule has 0 bridgehead atoms. The van der Waals surface area contributed by atoms with Crippen molar-refractivity contribution in [3.63, 3.8) is 0 Å². The number of aromatic nitrogens is 1. The summed E-state index contributed by atoms with van der Waals surface area (Å²) in [6.07, 6.45) is -1.67. The van der Waals surface area contributed by atoms with E-state index in [9.17, 15) is 15.3 Å². The maximum atomic E-state index is 9.85. The molecule has 0 saturated carbocycles. The third-order valence-electron chi connectivity index (χ3n) is 5.16. The number of aliphatic hydroxyl groups excluding tert-OH is 3. The van der Waals surface area contributed by atoms with Crippen molar-refractivity contribution in [3.8, 4) is 0 Å². The minimum absolute atomic E-state index is 0.427. The van der Waals surface area contributed by atoms with Crippen LogP contribution < -0.4 is 4.90 Å². The van der Waals surface area contributed by atoms with Gasteiger partial charge in [-0.2, -0.15) is 0 Å². The molecule has 0 aliphatic carbocycles. The minimum Gasteiger partial charge on any atom is -0.389 e. The fraction of sp³-hybridized carbons (Fsp3) is 0.588. The molecule has 2 saturated heterocycles. The molecule has 2 aliphatic rings. The van der Waals surface area contributed by atoms with Crippen LogP contribution in [0, 0.1) is 5.92 Å². The summed E-state index contributed by atoms with van der Waals surface area (Å²) in [4.78, 5) is 8.96. The molecule has 1 aromatic heterocycles. The number of anilines is 1. The Bertz CT molecular complexity index is 697. The Morgan fingerprint density at radius 2 is 1.92 bits per heavy atom. The van der Waals surface area contributed by atoms with Gasteiger partial charge < -0.3 is 20.2 Å². The molecule has 0 spiro atoms. The van der Waals surface area contributed by atoms with Crippen LogP contribution in [0.5, 0.6) is 0 Å². The van der Waals surface area contributed by atoms with Gasteiger partial charge in [-0.25, -0.2) is 4.98 Å². The van der Waals surface area contributed by atoms with E-state index in [4.69, 9.17) is 0 Å². The lowest BCUT2D eigenvalue weighted by atomic mass is 10.00. The lowest BCUT2D eigenvalue weighted by Crippen LogP contribution is -2.56. The van der Waals surface area contributed by atoms with E-state index in [1.807, 2.05) is 5.51 Å². The number of thiazole rings is 1. The second-order valence-electron chi connectivity index (χ2n) is 6.92. The third kappa shape index (κ3) is 3.02. The maximum Gasteiger partial charge on any atom is 0.108 e. The Morgan fingerprint density at radius 3 is 2.71 bits per heavy atom. The van der Waals surface area contributed by atoms with Crippen molar-refractivity contribution >= 4 is 27.2 Å². The summed E-state index contributed by atoms with van der Waals surface area (Å²) in [7, 11) is 0. The van der Waals surface area contributed by atoms with E-state index < -0.39 is 18.3 Å². The van der Waals surface area contributed by atoms with Gasteiger partial charge in [-0.05, 0) is 24.5 Å². The van der Waals surface area contributed by atoms with E-state index in [1.165, 1.54) is 10.4 Å². The van der Waals surface area contributed by atoms with Gasteiger partial charge in [0.05, 0.1) is 28.1 Å². The van der Waals surface area contributed by atoms with Gasteiger partial charge in [0.2, 0.25) is 0 Å². The largest absolute Gasteiger partial charge is 0.389 e. The first-order valence-electron chi connectivity index (χ1n) is 8.45. The minimum atomic E-state index is -1.02. The van der Waals surface area contributed by atoms with Crippen LogP contribution in [0.15, 0.2) is 23.7 Å². The molecule has 2 aromatic rings. The number of nitrogens with zero attached hydrogens (tertiary/aromatic N) is 3. The Balaban J connectivity index is 1.41. The van der Waals surface area contributed by atoms with Crippen molar-refractivity contribution < 1.29 is 15.3 Å². The number of rotatable bonds is 3. The normalized spacial score (nSPS) is 31.9. The lowest BCUT2D eigenvalue weighted by Gasteiger charge is -2.38. The van der Waals surface area contributed by atoms with E-state index in [0.29, 0.717) is 19.0 Å². The van der Waals surface area contributed by atoms with Gasteiger partial charge in [-0.3, -0.25) is 4.90 Å². The molecule has 1 aromatic carbocycles.